The number of aliphatic carboxylic acids is 1. The maximum atomic E-state index is 11.8. The fourth-order valence-electron chi connectivity index (χ4n) is 3.77. The molecular formula is C34H66N2O14. The second-order valence-electron chi connectivity index (χ2n) is 12.1. The Kier molecular flexibility index (Phi) is 35.3. The summed E-state index contributed by atoms with van der Waals surface area (Å²) in [6, 6.07) is 0. The Labute approximate surface area is 298 Å². The lowest BCUT2D eigenvalue weighted by molar-refractivity contribution is -0.138. The largest absolute Gasteiger partial charge is 0.481 e. The molecule has 0 aromatic heterocycles. The fourth-order valence-corrected chi connectivity index (χ4v) is 3.77. The first-order chi connectivity index (χ1) is 24.2. The van der Waals surface area contributed by atoms with Gasteiger partial charge < -0.3 is 63.1 Å². The van der Waals surface area contributed by atoms with Crippen LogP contribution in [0.1, 0.15) is 52.9 Å². The maximum absolute atomic E-state index is 11.8. The van der Waals surface area contributed by atoms with E-state index in [-0.39, 0.29) is 36.7 Å². The fraction of sp³-hybridized carbons (Fsp3) is 0.912. The minimum absolute atomic E-state index is 0.0340. The summed E-state index contributed by atoms with van der Waals surface area (Å²) in [6.45, 7) is 15.8. The zero-order valence-electron chi connectivity index (χ0n) is 30.8. The first kappa shape index (κ1) is 48.0. The minimum Gasteiger partial charge on any atom is -0.481 e. The molecule has 0 aromatic rings. The van der Waals surface area contributed by atoms with Gasteiger partial charge in [0.25, 0.3) is 0 Å². The number of carboxylic acids is 1. The normalized spacial score (nSPS) is 11.6. The lowest BCUT2D eigenvalue weighted by Gasteiger charge is -2.17. The first-order valence-electron chi connectivity index (χ1n) is 17.7. The van der Waals surface area contributed by atoms with Crippen LogP contribution in [-0.4, -0.2) is 168 Å². The Hall–Kier alpha value is -1.99. The maximum Gasteiger partial charge on any atom is 0.305 e. The molecule has 0 radical (unpaired) electrons. The zero-order chi connectivity index (χ0) is 36.8. The molecule has 0 bridgehead atoms. The van der Waals surface area contributed by atoms with Gasteiger partial charge in [-0.15, -0.1) is 0 Å². The molecule has 0 heterocycles. The van der Waals surface area contributed by atoms with Gasteiger partial charge in [-0.1, -0.05) is 20.8 Å². The summed E-state index contributed by atoms with van der Waals surface area (Å²) >= 11 is 0. The summed E-state index contributed by atoms with van der Waals surface area (Å²) in [5.41, 5.74) is 0.257. The van der Waals surface area contributed by atoms with Gasteiger partial charge in [0.2, 0.25) is 11.8 Å². The number of hydrogen-bond acceptors (Lipinski definition) is 13. The van der Waals surface area contributed by atoms with Gasteiger partial charge in [0.05, 0.1) is 139 Å². The number of nitrogens with one attached hydrogen (secondary N) is 2. The molecule has 50 heavy (non-hydrogen) atoms. The Morgan fingerprint density at radius 1 is 0.420 bits per heavy atom. The van der Waals surface area contributed by atoms with E-state index in [4.69, 9.17) is 52.5 Å². The summed E-state index contributed by atoms with van der Waals surface area (Å²) in [4.78, 5) is 33.9. The molecule has 0 saturated carbocycles. The van der Waals surface area contributed by atoms with Crippen molar-refractivity contribution in [1.82, 2.24) is 10.6 Å². The highest BCUT2D eigenvalue weighted by Gasteiger charge is 2.11. The van der Waals surface area contributed by atoms with Gasteiger partial charge in [0, 0.05) is 25.9 Å². The van der Waals surface area contributed by atoms with Crippen molar-refractivity contribution in [3.63, 3.8) is 0 Å². The topological polar surface area (TPSA) is 188 Å². The predicted molar refractivity (Wildman–Crippen MR) is 184 cm³/mol. The van der Waals surface area contributed by atoms with Crippen LogP contribution >= 0.6 is 0 Å². The minimum atomic E-state index is -0.900. The summed E-state index contributed by atoms with van der Waals surface area (Å²) in [7, 11) is 0. The second-order valence-corrected chi connectivity index (χ2v) is 12.1. The van der Waals surface area contributed by atoms with Crippen LogP contribution in [0, 0.1) is 5.41 Å². The Morgan fingerprint density at radius 2 is 0.700 bits per heavy atom. The van der Waals surface area contributed by atoms with Gasteiger partial charge in [-0.25, -0.2) is 0 Å². The van der Waals surface area contributed by atoms with Crippen LogP contribution in [0.4, 0.5) is 0 Å². The third kappa shape index (κ3) is 42.2. The molecule has 0 spiro atoms. The molecule has 0 fully saturated rings. The van der Waals surface area contributed by atoms with Gasteiger partial charge in [-0.05, 0) is 18.3 Å². The average molecular weight is 727 g/mol. The standard InChI is InChI=1S/C34H66N2O14/c1-34(2,3)8-4-5-31(37)35-9-13-44-18-20-46-22-24-48-26-28-50-30-29-49-27-25-47-23-21-45-19-16-41-11-6-32(38)36-10-14-43-17-15-42-12-7-33(39)40/h4-30H2,1-3H3,(H,35,37)(H,36,38)(H,39,40). The van der Waals surface area contributed by atoms with Crippen molar-refractivity contribution in [2.45, 2.75) is 52.9 Å². The van der Waals surface area contributed by atoms with E-state index in [1.165, 1.54) is 0 Å². The smallest absolute Gasteiger partial charge is 0.305 e. The van der Waals surface area contributed by atoms with Crippen molar-refractivity contribution in [1.29, 1.82) is 0 Å². The van der Waals surface area contributed by atoms with E-state index in [0.29, 0.717) is 145 Å². The number of carboxylic acid groups (broad SMARTS) is 1. The van der Waals surface area contributed by atoms with Crippen molar-refractivity contribution in [3.8, 4) is 0 Å². The van der Waals surface area contributed by atoms with Crippen molar-refractivity contribution >= 4 is 17.8 Å². The van der Waals surface area contributed by atoms with E-state index >= 15 is 0 Å². The molecule has 296 valence electrons. The highest BCUT2D eigenvalue weighted by Crippen LogP contribution is 2.21. The van der Waals surface area contributed by atoms with E-state index in [1.807, 2.05) is 0 Å². The van der Waals surface area contributed by atoms with Crippen molar-refractivity contribution < 1.29 is 66.9 Å². The first-order valence-corrected chi connectivity index (χ1v) is 17.7. The molecule has 0 aliphatic heterocycles. The Bertz CT molecular complexity index is 786. The molecule has 16 nitrogen and oxygen atoms in total. The van der Waals surface area contributed by atoms with E-state index in [0.717, 1.165) is 12.8 Å². The highest BCUT2D eigenvalue weighted by atomic mass is 16.6. The highest BCUT2D eigenvalue weighted by molar-refractivity contribution is 5.76. The van der Waals surface area contributed by atoms with Crippen LogP contribution in [0.25, 0.3) is 0 Å². The summed E-state index contributed by atoms with van der Waals surface area (Å²) in [5.74, 6) is -0.955. The van der Waals surface area contributed by atoms with E-state index < -0.39 is 5.97 Å². The van der Waals surface area contributed by atoms with E-state index in [2.05, 4.69) is 31.4 Å². The number of hydrogen-bond donors (Lipinski definition) is 3. The number of rotatable bonds is 39. The molecule has 0 rings (SSSR count). The van der Waals surface area contributed by atoms with Gasteiger partial charge in [0.15, 0.2) is 0 Å². The molecule has 0 unspecified atom stereocenters. The van der Waals surface area contributed by atoms with Gasteiger partial charge in [-0.3, -0.25) is 14.4 Å². The van der Waals surface area contributed by atoms with Crippen molar-refractivity contribution in [2.75, 3.05) is 145 Å². The third-order valence-electron chi connectivity index (χ3n) is 6.38. The van der Waals surface area contributed by atoms with Crippen LogP contribution in [0.15, 0.2) is 0 Å². The molecule has 0 aliphatic rings. The SMILES string of the molecule is CC(C)(C)CCCC(=O)NCCOCCOCCOCCOCCOCCOCCOCCOCCC(=O)NCCOCCOCCC(=O)O. The van der Waals surface area contributed by atoms with Crippen LogP contribution in [0.5, 0.6) is 0 Å². The zero-order valence-corrected chi connectivity index (χ0v) is 30.8. The molecule has 16 heteroatoms. The summed E-state index contributed by atoms with van der Waals surface area (Å²) in [5, 5.41) is 14.1. The molecular weight excluding hydrogens is 660 g/mol. The van der Waals surface area contributed by atoms with Crippen LogP contribution in [0.2, 0.25) is 0 Å². The monoisotopic (exact) mass is 726 g/mol. The van der Waals surface area contributed by atoms with Crippen molar-refractivity contribution in [3.05, 3.63) is 0 Å². The lowest BCUT2D eigenvalue weighted by atomic mass is 9.90. The van der Waals surface area contributed by atoms with Crippen LogP contribution < -0.4 is 10.6 Å². The molecule has 3 N–H and O–H groups in total. The Morgan fingerprint density at radius 3 is 1.02 bits per heavy atom. The quantitative estimate of drug-likeness (QED) is 0.0773. The molecule has 0 atom stereocenters. The van der Waals surface area contributed by atoms with Crippen molar-refractivity contribution in [2.24, 2.45) is 5.41 Å². The van der Waals surface area contributed by atoms with Crippen LogP contribution in [0.3, 0.4) is 0 Å². The van der Waals surface area contributed by atoms with Gasteiger partial charge >= 0.3 is 5.97 Å². The second kappa shape index (κ2) is 36.8. The number of carbonyl (C=O) groups excluding carboxylic acids is 2. The lowest BCUT2D eigenvalue weighted by Crippen LogP contribution is -2.28. The van der Waals surface area contributed by atoms with E-state index in [9.17, 15) is 14.4 Å². The molecule has 0 aliphatic carbocycles. The van der Waals surface area contributed by atoms with Crippen LogP contribution in [-0.2, 0) is 61.8 Å². The van der Waals surface area contributed by atoms with E-state index in [1.54, 1.807) is 0 Å². The predicted octanol–water partition coefficient (Wildman–Crippen LogP) is 1.47. The summed E-state index contributed by atoms with van der Waals surface area (Å²) < 4.78 is 54.0. The Balaban J connectivity index is 3.18. The number of carbonyl (C=O) groups is 3. The third-order valence-corrected chi connectivity index (χ3v) is 6.38. The number of amides is 2. The number of ether oxygens (including phenoxy) is 10. The molecule has 0 aromatic carbocycles. The summed E-state index contributed by atoms with van der Waals surface area (Å²) in [6.07, 6.45) is 2.70. The average Bonchev–Trinajstić information content (AvgIpc) is 3.06. The van der Waals surface area contributed by atoms with Gasteiger partial charge in [-0.2, -0.15) is 0 Å². The molecule has 0 saturated heterocycles. The molecule has 2 amide bonds. The van der Waals surface area contributed by atoms with Gasteiger partial charge in [0.1, 0.15) is 0 Å².